The summed E-state index contributed by atoms with van der Waals surface area (Å²) in [5.41, 5.74) is 3.59. The molecule has 0 heterocycles. The quantitative estimate of drug-likeness (QED) is 0.749. The van der Waals surface area contributed by atoms with Crippen molar-refractivity contribution in [3.05, 3.63) is 29.8 Å². The van der Waals surface area contributed by atoms with Gasteiger partial charge in [-0.1, -0.05) is 45.4 Å². The zero-order chi connectivity index (χ0) is 14.3. The summed E-state index contributed by atoms with van der Waals surface area (Å²) in [6.45, 7) is 14.1. The first-order valence-electron chi connectivity index (χ1n) is 7.44. The van der Waals surface area contributed by atoms with Gasteiger partial charge in [-0.25, -0.2) is 0 Å². The lowest BCUT2D eigenvalue weighted by Gasteiger charge is -2.51. The molecule has 1 aromatic rings. The standard InChI is InChI=1S/C18H29N/c1-14-7-9-15(10-8-14)19-18(6)12-16(2,3)11-17(4,5)13-18/h7-10,19H,11-13H2,1-6H3. The maximum atomic E-state index is 3.80. The first kappa shape index (κ1) is 14.4. The molecule has 1 aliphatic rings. The van der Waals surface area contributed by atoms with E-state index in [1.165, 1.54) is 30.5 Å². The molecule has 0 amide bonds. The Labute approximate surface area is 118 Å². The molecular weight excluding hydrogens is 230 g/mol. The van der Waals surface area contributed by atoms with Crippen molar-refractivity contribution < 1.29 is 0 Å². The van der Waals surface area contributed by atoms with Crippen LogP contribution >= 0.6 is 0 Å². The van der Waals surface area contributed by atoms with Gasteiger partial charge in [0.15, 0.2) is 0 Å². The van der Waals surface area contributed by atoms with E-state index >= 15 is 0 Å². The fourth-order valence-corrected chi connectivity index (χ4v) is 4.67. The van der Waals surface area contributed by atoms with Gasteiger partial charge >= 0.3 is 0 Å². The average molecular weight is 259 g/mol. The van der Waals surface area contributed by atoms with E-state index in [0.717, 1.165) is 0 Å². The van der Waals surface area contributed by atoms with Crippen LogP contribution in [0.1, 0.15) is 59.4 Å². The molecular formula is C18H29N. The molecule has 0 spiro atoms. The van der Waals surface area contributed by atoms with Crippen LogP contribution in [-0.4, -0.2) is 5.54 Å². The Morgan fingerprint density at radius 2 is 1.26 bits per heavy atom. The Morgan fingerprint density at radius 1 is 0.789 bits per heavy atom. The summed E-state index contributed by atoms with van der Waals surface area (Å²) in [4.78, 5) is 0. The van der Waals surface area contributed by atoms with Gasteiger partial charge in [0.2, 0.25) is 0 Å². The van der Waals surface area contributed by atoms with Crippen LogP contribution < -0.4 is 5.32 Å². The first-order chi connectivity index (χ1) is 8.59. The van der Waals surface area contributed by atoms with E-state index in [9.17, 15) is 0 Å². The molecule has 0 unspecified atom stereocenters. The lowest BCUT2D eigenvalue weighted by Crippen LogP contribution is -2.48. The average Bonchev–Trinajstić information content (AvgIpc) is 2.15. The highest BCUT2D eigenvalue weighted by molar-refractivity contribution is 5.47. The Morgan fingerprint density at radius 3 is 1.74 bits per heavy atom. The van der Waals surface area contributed by atoms with Gasteiger partial charge in [0, 0.05) is 11.2 Å². The van der Waals surface area contributed by atoms with Crippen LogP contribution in [0.2, 0.25) is 0 Å². The molecule has 1 heteroatoms. The molecule has 0 aromatic heterocycles. The van der Waals surface area contributed by atoms with Gasteiger partial charge in [0.25, 0.3) is 0 Å². The minimum absolute atomic E-state index is 0.195. The van der Waals surface area contributed by atoms with Gasteiger partial charge in [-0.2, -0.15) is 0 Å². The lowest BCUT2D eigenvalue weighted by molar-refractivity contribution is 0.0667. The highest BCUT2D eigenvalue weighted by Gasteiger charge is 2.44. The largest absolute Gasteiger partial charge is 0.380 e. The smallest absolute Gasteiger partial charge is 0.0355 e. The maximum Gasteiger partial charge on any atom is 0.0355 e. The molecule has 0 bridgehead atoms. The summed E-state index contributed by atoms with van der Waals surface area (Å²) in [6, 6.07) is 8.78. The van der Waals surface area contributed by atoms with Crippen molar-refractivity contribution >= 4 is 5.69 Å². The number of hydrogen-bond acceptors (Lipinski definition) is 1. The van der Waals surface area contributed by atoms with Gasteiger partial charge in [-0.3, -0.25) is 0 Å². The van der Waals surface area contributed by atoms with Crippen molar-refractivity contribution in [3.63, 3.8) is 0 Å². The van der Waals surface area contributed by atoms with E-state index in [2.05, 4.69) is 71.1 Å². The summed E-state index contributed by atoms with van der Waals surface area (Å²) in [5.74, 6) is 0. The third-order valence-electron chi connectivity index (χ3n) is 4.19. The molecule has 19 heavy (non-hydrogen) atoms. The number of benzene rings is 1. The maximum absolute atomic E-state index is 3.80. The minimum Gasteiger partial charge on any atom is -0.380 e. The summed E-state index contributed by atoms with van der Waals surface area (Å²) in [6.07, 6.45) is 3.78. The van der Waals surface area contributed by atoms with Crippen LogP contribution in [0.4, 0.5) is 5.69 Å². The molecule has 1 saturated carbocycles. The van der Waals surface area contributed by atoms with Gasteiger partial charge in [-0.05, 0) is 56.1 Å². The molecule has 1 fully saturated rings. The van der Waals surface area contributed by atoms with Crippen LogP contribution in [0.15, 0.2) is 24.3 Å². The van der Waals surface area contributed by atoms with Crippen LogP contribution in [0.25, 0.3) is 0 Å². The second kappa shape index (κ2) is 4.54. The zero-order valence-corrected chi connectivity index (χ0v) is 13.4. The predicted molar refractivity (Wildman–Crippen MR) is 84.6 cm³/mol. The molecule has 1 N–H and O–H groups in total. The molecule has 1 aliphatic carbocycles. The third-order valence-corrected chi connectivity index (χ3v) is 4.19. The van der Waals surface area contributed by atoms with Gasteiger partial charge in [0.05, 0.1) is 0 Å². The molecule has 0 saturated heterocycles. The Kier molecular flexibility index (Phi) is 3.45. The number of anilines is 1. The number of rotatable bonds is 2. The van der Waals surface area contributed by atoms with E-state index in [1.807, 2.05) is 0 Å². The Hall–Kier alpha value is -0.980. The van der Waals surface area contributed by atoms with Gasteiger partial charge in [-0.15, -0.1) is 0 Å². The molecule has 1 aromatic carbocycles. The molecule has 0 aliphatic heterocycles. The van der Waals surface area contributed by atoms with Crippen molar-refractivity contribution in [2.45, 2.75) is 66.3 Å². The van der Waals surface area contributed by atoms with E-state index in [0.29, 0.717) is 10.8 Å². The highest BCUT2D eigenvalue weighted by Crippen LogP contribution is 2.50. The second-order valence-corrected chi connectivity index (χ2v) is 8.41. The molecule has 0 radical (unpaired) electrons. The zero-order valence-electron chi connectivity index (χ0n) is 13.4. The molecule has 1 nitrogen and oxygen atoms in total. The van der Waals surface area contributed by atoms with Crippen LogP contribution in [0.3, 0.4) is 0 Å². The molecule has 106 valence electrons. The minimum atomic E-state index is 0.195. The van der Waals surface area contributed by atoms with Crippen molar-refractivity contribution in [1.82, 2.24) is 0 Å². The summed E-state index contributed by atoms with van der Waals surface area (Å²) in [5, 5.41) is 3.80. The van der Waals surface area contributed by atoms with Crippen molar-refractivity contribution in [3.8, 4) is 0 Å². The van der Waals surface area contributed by atoms with E-state index in [-0.39, 0.29) is 5.54 Å². The van der Waals surface area contributed by atoms with E-state index in [1.54, 1.807) is 0 Å². The second-order valence-electron chi connectivity index (χ2n) is 8.41. The number of nitrogens with one attached hydrogen (secondary N) is 1. The van der Waals surface area contributed by atoms with Crippen LogP contribution in [0, 0.1) is 17.8 Å². The summed E-state index contributed by atoms with van der Waals surface area (Å²) in [7, 11) is 0. The normalized spacial score (nSPS) is 23.9. The Balaban J connectivity index is 2.19. The predicted octanol–water partition coefficient (Wildman–Crippen LogP) is 5.40. The van der Waals surface area contributed by atoms with Crippen molar-refractivity contribution in [2.75, 3.05) is 5.32 Å². The summed E-state index contributed by atoms with van der Waals surface area (Å²) >= 11 is 0. The third kappa shape index (κ3) is 3.75. The number of hydrogen-bond donors (Lipinski definition) is 1. The first-order valence-corrected chi connectivity index (χ1v) is 7.44. The van der Waals surface area contributed by atoms with E-state index in [4.69, 9.17) is 0 Å². The monoisotopic (exact) mass is 259 g/mol. The highest BCUT2D eigenvalue weighted by atomic mass is 15.0. The SMILES string of the molecule is Cc1ccc(NC2(C)CC(C)(C)CC(C)(C)C2)cc1. The van der Waals surface area contributed by atoms with E-state index < -0.39 is 0 Å². The van der Waals surface area contributed by atoms with Crippen molar-refractivity contribution in [1.29, 1.82) is 0 Å². The number of aryl methyl sites for hydroxylation is 1. The summed E-state index contributed by atoms with van der Waals surface area (Å²) < 4.78 is 0. The van der Waals surface area contributed by atoms with Crippen LogP contribution in [0.5, 0.6) is 0 Å². The van der Waals surface area contributed by atoms with Crippen molar-refractivity contribution in [2.24, 2.45) is 10.8 Å². The van der Waals surface area contributed by atoms with Gasteiger partial charge in [0.1, 0.15) is 0 Å². The molecule has 0 atom stereocenters. The fraction of sp³-hybridized carbons (Fsp3) is 0.667. The molecule has 2 rings (SSSR count). The fourth-order valence-electron chi connectivity index (χ4n) is 4.67. The van der Waals surface area contributed by atoms with Gasteiger partial charge < -0.3 is 5.32 Å². The topological polar surface area (TPSA) is 12.0 Å². The lowest BCUT2D eigenvalue weighted by atomic mass is 9.59. The Bertz CT molecular complexity index is 423. The van der Waals surface area contributed by atoms with Crippen LogP contribution in [-0.2, 0) is 0 Å².